The maximum absolute atomic E-state index is 12.4. The van der Waals surface area contributed by atoms with Gasteiger partial charge in [-0.05, 0) is 27.9 Å². The predicted octanol–water partition coefficient (Wildman–Crippen LogP) is -0.675. The van der Waals surface area contributed by atoms with E-state index in [1.54, 1.807) is 13.8 Å². The van der Waals surface area contributed by atoms with Crippen LogP contribution in [0.4, 0.5) is 0 Å². The van der Waals surface area contributed by atoms with E-state index in [0.717, 1.165) is 4.31 Å². The Morgan fingerprint density at radius 3 is 2.38 bits per heavy atom. The molecule has 0 bridgehead atoms. The number of rotatable bonds is 7. The summed E-state index contributed by atoms with van der Waals surface area (Å²) in [7, 11) is 1.45. The number of amides is 1. The lowest BCUT2D eigenvalue weighted by atomic mass is 10.4. The molecule has 8 nitrogen and oxygen atoms in total. The molecule has 2 N–H and O–H groups in total. The third-order valence-electron chi connectivity index (χ3n) is 2.98. The number of hydrogen-bond donors (Lipinski definition) is 2. The highest BCUT2D eigenvalue weighted by molar-refractivity contribution is 7.89. The molecule has 0 aliphatic carbocycles. The molecule has 9 heteroatoms. The van der Waals surface area contributed by atoms with Crippen molar-refractivity contribution in [2.24, 2.45) is 0 Å². The van der Waals surface area contributed by atoms with E-state index in [1.165, 1.54) is 7.05 Å². The first-order valence-electron chi connectivity index (χ1n) is 6.55. The van der Waals surface area contributed by atoms with Gasteiger partial charge in [-0.2, -0.15) is 9.40 Å². The van der Waals surface area contributed by atoms with Crippen molar-refractivity contribution in [3.8, 4) is 0 Å². The average molecular weight is 317 g/mol. The summed E-state index contributed by atoms with van der Waals surface area (Å²) in [6.07, 6.45) is 0. The summed E-state index contributed by atoms with van der Waals surface area (Å²) >= 11 is 0. The van der Waals surface area contributed by atoms with Crippen molar-refractivity contribution in [1.82, 2.24) is 24.7 Å². The third-order valence-corrected chi connectivity index (χ3v) is 5.04. The zero-order valence-corrected chi connectivity index (χ0v) is 13.9. The minimum Gasteiger partial charge on any atom is -0.354 e. The predicted molar refractivity (Wildman–Crippen MR) is 79.4 cm³/mol. The third kappa shape index (κ3) is 4.51. The van der Waals surface area contributed by atoms with Gasteiger partial charge in [0.25, 0.3) is 0 Å². The van der Waals surface area contributed by atoms with Crippen LogP contribution in [0.25, 0.3) is 0 Å². The van der Waals surface area contributed by atoms with Crippen LogP contribution in [-0.2, 0) is 14.8 Å². The van der Waals surface area contributed by atoms with Crippen LogP contribution >= 0.6 is 0 Å². The largest absolute Gasteiger partial charge is 0.354 e. The summed E-state index contributed by atoms with van der Waals surface area (Å²) in [6, 6.07) is 0. The van der Waals surface area contributed by atoms with E-state index in [-0.39, 0.29) is 17.3 Å². The van der Waals surface area contributed by atoms with Gasteiger partial charge in [0, 0.05) is 20.1 Å². The molecule has 0 aliphatic heterocycles. The monoisotopic (exact) mass is 317 g/mol. The number of hydrogen-bond acceptors (Lipinski definition) is 5. The van der Waals surface area contributed by atoms with E-state index in [2.05, 4.69) is 15.5 Å². The van der Waals surface area contributed by atoms with E-state index in [1.807, 2.05) is 19.0 Å². The normalized spacial score (nSPS) is 12.1. The van der Waals surface area contributed by atoms with Crippen molar-refractivity contribution in [2.75, 3.05) is 40.8 Å². The molecule has 0 radical (unpaired) electrons. The molecule has 0 saturated heterocycles. The Morgan fingerprint density at radius 2 is 1.90 bits per heavy atom. The molecule has 0 aromatic carbocycles. The molecule has 0 fully saturated rings. The molecule has 0 spiro atoms. The highest BCUT2D eigenvalue weighted by atomic mass is 32.2. The molecule has 0 atom stereocenters. The first-order chi connectivity index (χ1) is 9.66. The maximum atomic E-state index is 12.4. The first-order valence-corrected chi connectivity index (χ1v) is 7.99. The highest BCUT2D eigenvalue weighted by Crippen LogP contribution is 2.20. The van der Waals surface area contributed by atoms with Gasteiger partial charge in [0.1, 0.15) is 4.90 Å². The second-order valence-corrected chi connectivity index (χ2v) is 7.16. The van der Waals surface area contributed by atoms with E-state index in [4.69, 9.17) is 0 Å². The molecule has 0 unspecified atom stereocenters. The SMILES string of the molecule is Cc1n[nH]c(C)c1S(=O)(=O)N(C)CC(=O)NCCN(C)C. The Kier molecular flexibility index (Phi) is 5.87. The van der Waals surface area contributed by atoms with Gasteiger partial charge in [-0.1, -0.05) is 0 Å². The summed E-state index contributed by atoms with van der Waals surface area (Å²) in [5.74, 6) is -0.332. The lowest BCUT2D eigenvalue weighted by Crippen LogP contribution is -2.40. The average Bonchev–Trinajstić information content (AvgIpc) is 2.68. The smallest absolute Gasteiger partial charge is 0.246 e. The number of nitrogens with one attached hydrogen (secondary N) is 2. The van der Waals surface area contributed by atoms with Gasteiger partial charge >= 0.3 is 0 Å². The van der Waals surface area contributed by atoms with E-state index in [0.29, 0.717) is 24.5 Å². The molecule has 1 heterocycles. The summed E-state index contributed by atoms with van der Waals surface area (Å²) in [6.45, 7) is 4.20. The van der Waals surface area contributed by atoms with Crippen LogP contribution < -0.4 is 5.32 Å². The zero-order chi connectivity index (χ0) is 16.2. The van der Waals surface area contributed by atoms with Crippen LogP contribution in [0.5, 0.6) is 0 Å². The van der Waals surface area contributed by atoms with Crippen molar-refractivity contribution in [1.29, 1.82) is 0 Å². The fraction of sp³-hybridized carbons (Fsp3) is 0.667. The van der Waals surface area contributed by atoms with Crippen molar-refractivity contribution in [2.45, 2.75) is 18.7 Å². The van der Waals surface area contributed by atoms with Gasteiger partial charge in [-0.25, -0.2) is 8.42 Å². The minimum atomic E-state index is -3.73. The number of H-pyrrole nitrogens is 1. The number of carbonyl (C=O) groups excluding carboxylic acids is 1. The Bertz CT molecular complexity index is 575. The Balaban J connectivity index is 2.70. The summed E-state index contributed by atoms with van der Waals surface area (Å²) < 4.78 is 25.9. The van der Waals surface area contributed by atoms with Gasteiger partial charge in [-0.15, -0.1) is 0 Å². The van der Waals surface area contributed by atoms with E-state index in [9.17, 15) is 13.2 Å². The number of aryl methyl sites for hydroxylation is 2. The number of nitrogens with zero attached hydrogens (tertiary/aromatic N) is 3. The maximum Gasteiger partial charge on any atom is 0.246 e. The molecule has 1 aromatic heterocycles. The molecule has 21 heavy (non-hydrogen) atoms. The van der Waals surface area contributed by atoms with Gasteiger partial charge in [0.05, 0.1) is 17.9 Å². The zero-order valence-electron chi connectivity index (χ0n) is 13.1. The molecular weight excluding hydrogens is 294 g/mol. The van der Waals surface area contributed by atoms with E-state index >= 15 is 0 Å². The second kappa shape index (κ2) is 7.01. The van der Waals surface area contributed by atoms with E-state index < -0.39 is 10.0 Å². The number of carbonyl (C=O) groups is 1. The van der Waals surface area contributed by atoms with Crippen molar-refractivity contribution in [3.05, 3.63) is 11.4 Å². The van der Waals surface area contributed by atoms with Crippen LogP contribution in [0.2, 0.25) is 0 Å². The highest BCUT2D eigenvalue weighted by Gasteiger charge is 2.28. The number of sulfonamides is 1. The second-order valence-electron chi connectivity index (χ2n) is 5.18. The van der Waals surface area contributed by atoms with Crippen LogP contribution in [0, 0.1) is 13.8 Å². The number of aromatic amines is 1. The molecule has 1 aromatic rings. The molecular formula is C12H23N5O3S. The summed E-state index contributed by atoms with van der Waals surface area (Å²) in [4.78, 5) is 13.8. The molecule has 0 aliphatic rings. The van der Waals surface area contributed by atoms with Gasteiger partial charge in [0.15, 0.2) is 0 Å². The first kappa shape index (κ1) is 17.6. The van der Waals surface area contributed by atoms with Crippen LogP contribution in [0.15, 0.2) is 4.90 Å². The standard InChI is InChI=1S/C12H23N5O3S/c1-9-12(10(2)15-14-9)21(19,20)17(5)8-11(18)13-6-7-16(3)4/h6-8H2,1-5H3,(H,13,18)(H,14,15). The molecule has 0 saturated carbocycles. The lowest BCUT2D eigenvalue weighted by molar-refractivity contribution is -0.121. The van der Waals surface area contributed by atoms with Crippen LogP contribution in [-0.4, -0.2) is 74.5 Å². The minimum absolute atomic E-state index is 0.131. The topological polar surface area (TPSA) is 98.4 Å². The fourth-order valence-corrected chi connectivity index (χ4v) is 3.29. The number of likely N-dealkylation sites (N-methyl/N-ethyl adjacent to an activating group) is 2. The summed E-state index contributed by atoms with van der Waals surface area (Å²) in [5.41, 5.74) is 0.861. The van der Waals surface area contributed by atoms with Gasteiger partial charge in [0.2, 0.25) is 15.9 Å². The van der Waals surface area contributed by atoms with Gasteiger partial charge in [-0.3, -0.25) is 9.89 Å². The summed E-state index contributed by atoms with van der Waals surface area (Å²) in [5, 5.41) is 9.19. The van der Waals surface area contributed by atoms with Crippen molar-refractivity contribution < 1.29 is 13.2 Å². The Hall–Kier alpha value is -1.45. The molecule has 1 rings (SSSR count). The Morgan fingerprint density at radius 1 is 1.29 bits per heavy atom. The van der Waals surface area contributed by atoms with Crippen molar-refractivity contribution in [3.63, 3.8) is 0 Å². The number of aromatic nitrogens is 2. The van der Waals surface area contributed by atoms with Gasteiger partial charge < -0.3 is 10.2 Å². The molecule has 120 valence electrons. The quantitative estimate of drug-likeness (QED) is 0.695. The Labute approximate surface area is 125 Å². The molecule has 1 amide bonds. The van der Waals surface area contributed by atoms with Crippen LogP contribution in [0.3, 0.4) is 0 Å². The fourth-order valence-electron chi connectivity index (χ4n) is 1.84. The van der Waals surface area contributed by atoms with Crippen molar-refractivity contribution >= 4 is 15.9 Å². The lowest BCUT2D eigenvalue weighted by Gasteiger charge is -2.17. The van der Waals surface area contributed by atoms with Crippen LogP contribution in [0.1, 0.15) is 11.4 Å².